The molecule has 0 aromatic heterocycles. The molecule has 0 saturated carbocycles. The Bertz CT molecular complexity index is 578. The van der Waals surface area contributed by atoms with Gasteiger partial charge in [0.1, 0.15) is 5.82 Å². The summed E-state index contributed by atoms with van der Waals surface area (Å²) in [5.74, 6) is -0.442. The lowest BCUT2D eigenvalue weighted by molar-refractivity contribution is 0.0937. The van der Waals surface area contributed by atoms with E-state index in [-0.39, 0.29) is 17.8 Å². The van der Waals surface area contributed by atoms with Gasteiger partial charge in [-0.3, -0.25) is 4.79 Å². The minimum absolute atomic E-state index is 0.151. The number of carbonyl (C=O) groups is 1. The quantitative estimate of drug-likeness (QED) is 0.820. The molecule has 102 valence electrons. The number of halogens is 1. The predicted molar refractivity (Wildman–Crippen MR) is 77.9 cm³/mol. The van der Waals surface area contributed by atoms with E-state index in [0.717, 1.165) is 5.56 Å². The van der Waals surface area contributed by atoms with E-state index in [1.165, 1.54) is 12.1 Å². The molecule has 0 heterocycles. The third-order valence-electron chi connectivity index (χ3n) is 3.02. The van der Waals surface area contributed by atoms with Crippen LogP contribution in [-0.4, -0.2) is 5.91 Å². The lowest BCUT2D eigenvalue weighted by Gasteiger charge is -2.17. The van der Waals surface area contributed by atoms with Gasteiger partial charge in [0.05, 0.1) is 6.04 Å². The molecule has 1 atom stereocenters. The van der Waals surface area contributed by atoms with Crippen molar-refractivity contribution in [3.8, 4) is 0 Å². The Kier molecular flexibility index (Phi) is 4.66. The average molecular weight is 269 g/mol. The number of carbonyl (C=O) groups excluding carboxylic acids is 1. The van der Waals surface area contributed by atoms with Gasteiger partial charge in [0, 0.05) is 5.56 Å². The van der Waals surface area contributed by atoms with E-state index < -0.39 is 0 Å². The van der Waals surface area contributed by atoms with Crippen LogP contribution in [0, 0.1) is 5.82 Å². The van der Waals surface area contributed by atoms with E-state index in [2.05, 4.69) is 11.9 Å². The maximum absolute atomic E-state index is 13.0. The van der Waals surface area contributed by atoms with E-state index in [1.807, 2.05) is 18.2 Å². The zero-order chi connectivity index (χ0) is 14.4. The van der Waals surface area contributed by atoms with Gasteiger partial charge in [-0.1, -0.05) is 36.4 Å². The summed E-state index contributed by atoms with van der Waals surface area (Å²) in [5.41, 5.74) is 1.46. The molecule has 0 aliphatic carbocycles. The van der Waals surface area contributed by atoms with Crippen LogP contribution < -0.4 is 5.32 Å². The lowest BCUT2D eigenvalue weighted by atomic mass is 10.0. The second-order valence-corrected chi connectivity index (χ2v) is 4.47. The first-order chi connectivity index (χ1) is 9.70. The van der Waals surface area contributed by atoms with Crippen molar-refractivity contribution in [3.05, 3.63) is 84.2 Å². The second-order valence-electron chi connectivity index (χ2n) is 4.47. The topological polar surface area (TPSA) is 29.1 Å². The molecule has 2 aromatic rings. The first kappa shape index (κ1) is 14.0. The maximum Gasteiger partial charge on any atom is 0.251 e. The van der Waals surface area contributed by atoms with Crippen LogP contribution in [0.5, 0.6) is 0 Å². The summed E-state index contributed by atoms with van der Waals surface area (Å²) in [6, 6.07) is 14.9. The van der Waals surface area contributed by atoms with Crippen LogP contribution in [0.2, 0.25) is 0 Å². The molecule has 0 aliphatic heterocycles. The first-order valence-corrected chi connectivity index (χ1v) is 6.43. The van der Waals surface area contributed by atoms with Gasteiger partial charge in [-0.25, -0.2) is 4.39 Å². The normalized spacial score (nSPS) is 11.7. The highest BCUT2D eigenvalue weighted by molar-refractivity contribution is 5.94. The third kappa shape index (κ3) is 3.54. The van der Waals surface area contributed by atoms with Crippen molar-refractivity contribution in [2.75, 3.05) is 0 Å². The zero-order valence-electron chi connectivity index (χ0n) is 11.1. The summed E-state index contributed by atoms with van der Waals surface area (Å²) in [6.07, 6.45) is 2.32. The van der Waals surface area contributed by atoms with Crippen LogP contribution in [0.4, 0.5) is 4.39 Å². The molecular weight excluding hydrogens is 253 g/mol. The standard InChI is InChI=1S/C17H16FNO/c1-2-6-16(13-9-11-15(18)12-10-13)19-17(20)14-7-4-3-5-8-14/h2-5,7-12,16H,1,6H2,(H,19,20)/t16-/m1/s1. The molecule has 20 heavy (non-hydrogen) atoms. The maximum atomic E-state index is 13.0. The van der Waals surface area contributed by atoms with Gasteiger partial charge in [-0.15, -0.1) is 6.58 Å². The molecule has 2 rings (SSSR count). The Balaban J connectivity index is 2.15. The Morgan fingerprint density at radius 1 is 1.15 bits per heavy atom. The Morgan fingerprint density at radius 2 is 1.80 bits per heavy atom. The summed E-state index contributed by atoms with van der Waals surface area (Å²) < 4.78 is 13.0. The van der Waals surface area contributed by atoms with Crippen LogP contribution in [-0.2, 0) is 0 Å². The van der Waals surface area contributed by atoms with Gasteiger partial charge < -0.3 is 5.32 Å². The van der Waals surface area contributed by atoms with Gasteiger partial charge in [0.15, 0.2) is 0 Å². The zero-order valence-corrected chi connectivity index (χ0v) is 11.1. The molecule has 0 radical (unpaired) electrons. The van der Waals surface area contributed by atoms with Gasteiger partial charge in [-0.05, 0) is 36.2 Å². The van der Waals surface area contributed by atoms with Gasteiger partial charge in [0.25, 0.3) is 5.91 Å². The van der Waals surface area contributed by atoms with Crippen molar-refractivity contribution in [3.63, 3.8) is 0 Å². The van der Waals surface area contributed by atoms with Gasteiger partial charge in [-0.2, -0.15) is 0 Å². The van der Waals surface area contributed by atoms with Crippen LogP contribution in [0.3, 0.4) is 0 Å². The largest absolute Gasteiger partial charge is 0.345 e. The molecule has 0 aliphatic rings. The minimum atomic E-state index is -0.291. The SMILES string of the molecule is C=CC[C@@H](NC(=O)c1ccccc1)c1ccc(F)cc1. The second kappa shape index (κ2) is 6.66. The summed E-state index contributed by atoms with van der Waals surface area (Å²) in [6.45, 7) is 3.70. The average Bonchev–Trinajstić information content (AvgIpc) is 2.48. The lowest BCUT2D eigenvalue weighted by Crippen LogP contribution is -2.28. The van der Waals surface area contributed by atoms with Crippen LogP contribution in [0.1, 0.15) is 28.4 Å². The van der Waals surface area contributed by atoms with Crippen molar-refractivity contribution in [2.24, 2.45) is 0 Å². The van der Waals surface area contributed by atoms with Crippen LogP contribution in [0.25, 0.3) is 0 Å². The fourth-order valence-electron chi connectivity index (χ4n) is 1.97. The predicted octanol–water partition coefficient (Wildman–Crippen LogP) is 3.87. The monoisotopic (exact) mass is 269 g/mol. The first-order valence-electron chi connectivity index (χ1n) is 6.43. The summed E-state index contributed by atoms with van der Waals surface area (Å²) in [5, 5.41) is 2.94. The molecule has 0 spiro atoms. The Labute approximate surface area is 118 Å². The summed E-state index contributed by atoms with van der Waals surface area (Å²) in [4.78, 5) is 12.2. The number of hydrogen-bond acceptors (Lipinski definition) is 1. The van der Waals surface area contributed by atoms with E-state index in [1.54, 1.807) is 30.3 Å². The molecule has 0 bridgehead atoms. The minimum Gasteiger partial charge on any atom is -0.345 e. The van der Waals surface area contributed by atoms with E-state index in [4.69, 9.17) is 0 Å². The highest BCUT2D eigenvalue weighted by atomic mass is 19.1. The molecule has 1 N–H and O–H groups in total. The number of amides is 1. The van der Waals surface area contributed by atoms with E-state index in [9.17, 15) is 9.18 Å². The number of benzene rings is 2. The molecule has 0 saturated heterocycles. The number of hydrogen-bond donors (Lipinski definition) is 1. The van der Waals surface area contributed by atoms with Crippen molar-refractivity contribution >= 4 is 5.91 Å². The van der Waals surface area contributed by atoms with Gasteiger partial charge in [0.2, 0.25) is 0 Å². The molecule has 0 unspecified atom stereocenters. The van der Waals surface area contributed by atoms with Crippen LogP contribution >= 0.6 is 0 Å². The van der Waals surface area contributed by atoms with Crippen molar-refractivity contribution in [1.29, 1.82) is 0 Å². The molecule has 2 nitrogen and oxygen atoms in total. The van der Waals surface area contributed by atoms with E-state index >= 15 is 0 Å². The fourth-order valence-corrected chi connectivity index (χ4v) is 1.97. The highest BCUT2D eigenvalue weighted by Crippen LogP contribution is 2.18. The van der Waals surface area contributed by atoms with Gasteiger partial charge >= 0.3 is 0 Å². The number of nitrogens with one attached hydrogen (secondary N) is 1. The van der Waals surface area contributed by atoms with Crippen molar-refractivity contribution < 1.29 is 9.18 Å². The fraction of sp³-hybridized carbons (Fsp3) is 0.118. The molecule has 0 fully saturated rings. The molecule has 2 aromatic carbocycles. The highest BCUT2D eigenvalue weighted by Gasteiger charge is 2.14. The van der Waals surface area contributed by atoms with E-state index in [0.29, 0.717) is 12.0 Å². The van der Waals surface area contributed by atoms with Crippen molar-refractivity contribution in [1.82, 2.24) is 5.32 Å². The Hall–Kier alpha value is -2.42. The van der Waals surface area contributed by atoms with Crippen molar-refractivity contribution in [2.45, 2.75) is 12.5 Å². The molecular formula is C17H16FNO. The third-order valence-corrected chi connectivity index (χ3v) is 3.02. The smallest absolute Gasteiger partial charge is 0.251 e. The number of rotatable bonds is 5. The van der Waals surface area contributed by atoms with Crippen LogP contribution in [0.15, 0.2) is 67.3 Å². The molecule has 1 amide bonds. The summed E-state index contributed by atoms with van der Waals surface area (Å²) >= 11 is 0. The summed E-state index contributed by atoms with van der Waals surface area (Å²) in [7, 11) is 0. The Morgan fingerprint density at radius 3 is 2.40 bits per heavy atom. The molecule has 3 heteroatoms.